The van der Waals surface area contributed by atoms with Crippen molar-refractivity contribution >= 4 is 11.7 Å². The van der Waals surface area contributed by atoms with Crippen molar-refractivity contribution in [3.8, 4) is 0 Å². The normalized spacial score (nSPS) is 13.2. The van der Waals surface area contributed by atoms with Crippen molar-refractivity contribution < 1.29 is 4.79 Å². The minimum absolute atomic E-state index is 0.416. The first-order chi connectivity index (χ1) is 6.31. The molecule has 0 bridgehead atoms. The Labute approximate surface area is 75.0 Å². The fourth-order valence-electron chi connectivity index (χ4n) is 1.30. The van der Waals surface area contributed by atoms with Crippen LogP contribution >= 0.6 is 0 Å². The first-order valence-electron chi connectivity index (χ1n) is 4.15. The Morgan fingerprint density at radius 2 is 2.23 bits per heavy atom. The van der Waals surface area contributed by atoms with Crippen LogP contribution < -0.4 is 16.0 Å². The summed E-state index contributed by atoms with van der Waals surface area (Å²) in [4.78, 5) is 18.4. The molecule has 0 saturated carbocycles. The standard InChI is InChI=1S/C9H9N3O/c1-2-10-6-4-3-5-7-8(6)12-9(13)11-7/h3-5,10H,2H2,1H3. The van der Waals surface area contributed by atoms with Crippen molar-refractivity contribution in [3.63, 3.8) is 0 Å². The summed E-state index contributed by atoms with van der Waals surface area (Å²) < 4.78 is 0. The van der Waals surface area contributed by atoms with Gasteiger partial charge in [-0.2, -0.15) is 9.98 Å². The average Bonchev–Trinajstić information content (AvgIpc) is 2.47. The van der Waals surface area contributed by atoms with Gasteiger partial charge in [0.25, 0.3) is 0 Å². The summed E-state index contributed by atoms with van der Waals surface area (Å²) in [6, 6.07) is 5.11. The van der Waals surface area contributed by atoms with E-state index in [1.165, 1.54) is 0 Å². The molecule has 2 amide bonds. The summed E-state index contributed by atoms with van der Waals surface area (Å²) >= 11 is 0. The lowest BCUT2D eigenvalue weighted by Gasteiger charge is -2.00. The molecule has 0 radical (unpaired) electrons. The second kappa shape index (κ2) is 2.97. The van der Waals surface area contributed by atoms with Crippen LogP contribution in [0.5, 0.6) is 0 Å². The molecule has 0 unspecified atom stereocenters. The van der Waals surface area contributed by atoms with E-state index in [1.807, 2.05) is 19.1 Å². The topological polar surface area (TPSA) is 53.8 Å². The number of nitrogens with one attached hydrogen (secondary N) is 1. The molecular weight excluding hydrogens is 166 g/mol. The number of fused-ring (bicyclic) bond motifs is 1. The van der Waals surface area contributed by atoms with Crippen LogP contribution in [-0.4, -0.2) is 12.6 Å². The van der Waals surface area contributed by atoms with Gasteiger partial charge in [0.05, 0.1) is 11.0 Å². The van der Waals surface area contributed by atoms with Crippen molar-refractivity contribution in [2.45, 2.75) is 6.92 Å². The quantitative estimate of drug-likeness (QED) is 0.711. The van der Waals surface area contributed by atoms with Crippen LogP contribution in [0.2, 0.25) is 0 Å². The van der Waals surface area contributed by atoms with E-state index in [-0.39, 0.29) is 0 Å². The lowest BCUT2D eigenvalue weighted by molar-refractivity contribution is 0.256. The van der Waals surface area contributed by atoms with E-state index in [9.17, 15) is 4.79 Å². The zero-order chi connectivity index (χ0) is 9.26. The molecule has 1 N–H and O–H groups in total. The summed E-state index contributed by atoms with van der Waals surface area (Å²) in [5, 5.41) is 4.44. The van der Waals surface area contributed by atoms with Gasteiger partial charge in [0.15, 0.2) is 0 Å². The SMILES string of the molecule is CCNc1cccc2c1=NC(=O)N=2. The number of hydrogen-bond acceptors (Lipinski definition) is 2. The Kier molecular flexibility index (Phi) is 1.81. The molecule has 0 aliphatic carbocycles. The third-order valence-corrected chi connectivity index (χ3v) is 1.81. The maximum atomic E-state index is 10.9. The van der Waals surface area contributed by atoms with Crippen LogP contribution in [0.4, 0.5) is 10.5 Å². The first kappa shape index (κ1) is 7.91. The fraction of sp³-hybridized carbons (Fsp3) is 0.222. The van der Waals surface area contributed by atoms with Crippen LogP contribution in [0.1, 0.15) is 6.92 Å². The molecule has 1 aliphatic rings. The lowest BCUT2D eigenvalue weighted by Crippen LogP contribution is -2.25. The van der Waals surface area contributed by atoms with Gasteiger partial charge < -0.3 is 5.32 Å². The number of urea groups is 1. The molecule has 0 saturated heterocycles. The third-order valence-electron chi connectivity index (χ3n) is 1.81. The monoisotopic (exact) mass is 175 g/mol. The summed E-state index contributed by atoms with van der Waals surface area (Å²) in [5.41, 5.74) is 0.870. The first-order valence-corrected chi connectivity index (χ1v) is 4.15. The number of nitrogens with zero attached hydrogens (tertiary/aromatic N) is 2. The van der Waals surface area contributed by atoms with Crippen LogP contribution in [0.15, 0.2) is 28.2 Å². The molecule has 0 aromatic heterocycles. The van der Waals surface area contributed by atoms with E-state index in [4.69, 9.17) is 0 Å². The predicted molar refractivity (Wildman–Crippen MR) is 48.3 cm³/mol. The van der Waals surface area contributed by atoms with Gasteiger partial charge in [-0.25, -0.2) is 4.79 Å². The van der Waals surface area contributed by atoms with Gasteiger partial charge >= 0.3 is 6.03 Å². The number of rotatable bonds is 2. The average molecular weight is 175 g/mol. The molecule has 0 spiro atoms. The van der Waals surface area contributed by atoms with Gasteiger partial charge in [-0.05, 0) is 19.1 Å². The van der Waals surface area contributed by atoms with Gasteiger partial charge in [0, 0.05) is 6.54 Å². The summed E-state index contributed by atoms with van der Waals surface area (Å²) in [7, 11) is 0. The van der Waals surface area contributed by atoms with Crippen molar-refractivity contribution in [1.29, 1.82) is 0 Å². The van der Waals surface area contributed by atoms with Gasteiger partial charge in [-0.1, -0.05) is 6.07 Å². The zero-order valence-electron chi connectivity index (χ0n) is 7.24. The Morgan fingerprint density at radius 1 is 1.38 bits per heavy atom. The molecule has 1 aromatic carbocycles. The highest BCUT2D eigenvalue weighted by atomic mass is 16.2. The van der Waals surface area contributed by atoms with Crippen LogP contribution in [-0.2, 0) is 0 Å². The Balaban J connectivity index is 2.65. The molecule has 1 aliphatic heterocycles. The zero-order valence-corrected chi connectivity index (χ0v) is 7.24. The molecule has 1 aromatic rings. The summed E-state index contributed by atoms with van der Waals surface area (Å²) in [6.07, 6.45) is 0. The highest BCUT2D eigenvalue weighted by Gasteiger charge is 2.07. The molecule has 1 heterocycles. The molecule has 0 fully saturated rings. The number of benzene rings is 1. The Morgan fingerprint density at radius 3 is 3.00 bits per heavy atom. The summed E-state index contributed by atoms with van der Waals surface area (Å²) in [5.74, 6) is 0. The number of anilines is 1. The second-order valence-electron chi connectivity index (χ2n) is 2.71. The minimum atomic E-state index is -0.416. The largest absolute Gasteiger partial charge is 0.384 e. The fourth-order valence-corrected chi connectivity index (χ4v) is 1.30. The highest BCUT2D eigenvalue weighted by molar-refractivity contribution is 5.78. The molecule has 4 heteroatoms. The molecule has 13 heavy (non-hydrogen) atoms. The molecule has 4 nitrogen and oxygen atoms in total. The lowest BCUT2D eigenvalue weighted by atomic mass is 10.3. The second-order valence-corrected chi connectivity index (χ2v) is 2.71. The Bertz CT molecular complexity index is 464. The minimum Gasteiger partial charge on any atom is -0.384 e. The Hall–Kier alpha value is -1.71. The number of para-hydroxylation sites is 1. The van der Waals surface area contributed by atoms with Crippen LogP contribution in [0, 0.1) is 0 Å². The van der Waals surface area contributed by atoms with Gasteiger partial charge in [-0.3, -0.25) is 0 Å². The predicted octanol–water partition coefficient (Wildman–Crippen LogP) is 0.491. The number of carbonyl (C=O) groups excluding carboxylic acids is 1. The number of hydrogen-bond donors (Lipinski definition) is 1. The van der Waals surface area contributed by atoms with Crippen molar-refractivity contribution in [1.82, 2.24) is 0 Å². The summed E-state index contributed by atoms with van der Waals surface area (Å²) in [6.45, 7) is 2.80. The number of carbonyl (C=O) groups is 1. The molecule has 2 rings (SSSR count). The van der Waals surface area contributed by atoms with E-state index in [0.717, 1.165) is 12.2 Å². The van der Waals surface area contributed by atoms with Crippen LogP contribution in [0.3, 0.4) is 0 Å². The maximum absolute atomic E-state index is 10.9. The van der Waals surface area contributed by atoms with E-state index in [2.05, 4.69) is 15.3 Å². The van der Waals surface area contributed by atoms with Gasteiger partial charge in [0.1, 0.15) is 5.36 Å². The third kappa shape index (κ3) is 1.30. The van der Waals surface area contributed by atoms with Crippen molar-refractivity contribution in [2.24, 2.45) is 9.98 Å². The molecular formula is C9H9N3O. The maximum Gasteiger partial charge on any atom is 0.368 e. The van der Waals surface area contributed by atoms with E-state index in [0.29, 0.717) is 10.7 Å². The van der Waals surface area contributed by atoms with E-state index < -0.39 is 6.03 Å². The van der Waals surface area contributed by atoms with Gasteiger partial charge in [0.2, 0.25) is 0 Å². The van der Waals surface area contributed by atoms with Crippen molar-refractivity contribution in [3.05, 3.63) is 28.9 Å². The highest BCUT2D eigenvalue weighted by Crippen LogP contribution is 1.97. The van der Waals surface area contributed by atoms with Gasteiger partial charge in [-0.15, -0.1) is 0 Å². The van der Waals surface area contributed by atoms with Crippen LogP contribution in [0.25, 0.3) is 0 Å². The molecule has 66 valence electrons. The van der Waals surface area contributed by atoms with Crippen molar-refractivity contribution in [2.75, 3.05) is 11.9 Å². The smallest absolute Gasteiger partial charge is 0.368 e. The number of amides is 2. The van der Waals surface area contributed by atoms with E-state index >= 15 is 0 Å². The van der Waals surface area contributed by atoms with E-state index in [1.54, 1.807) is 6.07 Å². The molecule has 0 atom stereocenters.